The Morgan fingerprint density at radius 1 is 1.45 bits per heavy atom. The normalized spacial score (nSPS) is 12.8. The van der Waals surface area contributed by atoms with Crippen LogP contribution in [0.3, 0.4) is 0 Å². The Balaban J connectivity index is 1.94. The standard InChI is InChI=1S/C14H18ClN3OS/c1-8(2)9(3)16-13(19)7-20-14-17-11-5-4-10(15)6-12(11)18-14/h4-6,8-9H,7H2,1-3H3,(H,16,19)(H,17,18). The van der Waals surface area contributed by atoms with Crippen LogP contribution in [0.2, 0.25) is 5.02 Å². The fourth-order valence-corrected chi connectivity index (χ4v) is 2.49. The number of nitrogens with zero attached hydrogens (tertiary/aromatic N) is 1. The van der Waals surface area contributed by atoms with Gasteiger partial charge in [-0.05, 0) is 31.0 Å². The van der Waals surface area contributed by atoms with Crippen molar-refractivity contribution in [2.45, 2.75) is 32.0 Å². The Labute approximate surface area is 127 Å². The Morgan fingerprint density at radius 2 is 2.20 bits per heavy atom. The SMILES string of the molecule is CC(C)C(C)NC(=O)CSc1nc2ccc(Cl)cc2[nH]1. The van der Waals surface area contributed by atoms with Gasteiger partial charge in [0, 0.05) is 11.1 Å². The number of aromatic amines is 1. The zero-order chi connectivity index (χ0) is 14.7. The molecule has 1 heterocycles. The number of amides is 1. The van der Waals surface area contributed by atoms with Gasteiger partial charge in [0.25, 0.3) is 0 Å². The first-order valence-electron chi connectivity index (χ1n) is 6.53. The summed E-state index contributed by atoms with van der Waals surface area (Å²) in [6.45, 7) is 6.18. The van der Waals surface area contributed by atoms with E-state index >= 15 is 0 Å². The van der Waals surface area contributed by atoms with E-state index < -0.39 is 0 Å². The van der Waals surface area contributed by atoms with Gasteiger partial charge in [-0.25, -0.2) is 4.98 Å². The Hall–Kier alpha value is -1.20. The second-order valence-corrected chi connectivity index (χ2v) is 6.49. The number of aromatic nitrogens is 2. The van der Waals surface area contributed by atoms with E-state index in [1.807, 2.05) is 19.1 Å². The number of halogens is 1. The zero-order valence-electron chi connectivity index (χ0n) is 11.7. The summed E-state index contributed by atoms with van der Waals surface area (Å²) in [4.78, 5) is 19.4. The summed E-state index contributed by atoms with van der Waals surface area (Å²) < 4.78 is 0. The minimum absolute atomic E-state index is 0.0229. The molecule has 0 spiro atoms. The summed E-state index contributed by atoms with van der Waals surface area (Å²) in [6, 6.07) is 5.67. The third kappa shape index (κ3) is 3.90. The predicted molar refractivity (Wildman–Crippen MR) is 84.3 cm³/mol. The third-order valence-corrected chi connectivity index (χ3v) is 4.26. The largest absolute Gasteiger partial charge is 0.353 e. The van der Waals surface area contributed by atoms with E-state index in [1.54, 1.807) is 6.07 Å². The first-order valence-corrected chi connectivity index (χ1v) is 7.89. The van der Waals surface area contributed by atoms with Crippen molar-refractivity contribution in [3.8, 4) is 0 Å². The molecule has 0 fully saturated rings. The summed E-state index contributed by atoms with van der Waals surface area (Å²) in [5.74, 6) is 0.803. The number of thioether (sulfide) groups is 1. The molecule has 0 aliphatic heterocycles. The first kappa shape index (κ1) is 15.2. The van der Waals surface area contributed by atoms with Crippen molar-refractivity contribution in [2.24, 2.45) is 5.92 Å². The number of carbonyl (C=O) groups is 1. The van der Waals surface area contributed by atoms with Gasteiger partial charge in [-0.2, -0.15) is 0 Å². The van der Waals surface area contributed by atoms with Crippen molar-refractivity contribution in [1.82, 2.24) is 15.3 Å². The van der Waals surface area contributed by atoms with E-state index in [9.17, 15) is 4.79 Å². The average molecular weight is 312 g/mol. The van der Waals surface area contributed by atoms with Gasteiger partial charge in [0.15, 0.2) is 5.16 Å². The lowest BCUT2D eigenvalue weighted by atomic mass is 10.1. The van der Waals surface area contributed by atoms with E-state index in [4.69, 9.17) is 11.6 Å². The van der Waals surface area contributed by atoms with Crippen molar-refractivity contribution in [1.29, 1.82) is 0 Å². The summed E-state index contributed by atoms with van der Waals surface area (Å²) in [5, 5.41) is 4.37. The van der Waals surface area contributed by atoms with Crippen molar-refractivity contribution in [3.63, 3.8) is 0 Å². The number of H-pyrrole nitrogens is 1. The summed E-state index contributed by atoms with van der Waals surface area (Å²) in [6.07, 6.45) is 0. The molecule has 2 aromatic rings. The number of hydrogen-bond acceptors (Lipinski definition) is 3. The van der Waals surface area contributed by atoms with Gasteiger partial charge in [0.2, 0.25) is 5.91 Å². The molecule has 2 rings (SSSR count). The number of carbonyl (C=O) groups excluding carboxylic acids is 1. The van der Waals surface area contributed by atoms with Crippen molar-refractivity contribution in [3.05, 3.63) is 23.2 Å². The lowest BCUT2D eigenvalue weighted by molar-refractivity contribution is -0.119. The van der Waals surface area contributed by atoms with E-state index in [1.165, 1.54) is 11.8 Å². The highest BCUT2D eigenvalue weighted by molar-refractivity contribution is 7.99. The summed E-state index contributed by atoms with van der Waals surface area (Å²) in [7, 11) is 0. The van der Waals surface area contributed by atoms with Crippen molar-refractivity contribution >= 4 is 40.3 Å². The lowest BCUT2D eigenvalue weighted by Crippen LogP contribution is -2.37. The molecular weight excluding hydrogens is 294 g/mol. The highest BCUT2D eigenvalue weighted by atomic mass is 35.5. The maximum atomic E-state index is 11.8. The molecule has 0 saturated carbocycles. The van der Waals surface area contributed by atoms with Crippen LogP contribution in [0.25, 0.3) is 11.0 Å². The van der Waals surface area contributed by atoms with Gasteiger partial charge in [0.1, 0.15) is 0 Å². The molecular formula is C14H18ClN3OS. The first-order chi connectivity index (χ1) is 9.45. The van der Waals surface area contributed by atoms with Gasteiger partial charge in [0.05, 0.1) is 16.8 Å². The molecule has 1 aromatic carbocycles. The molecule has 2 N–H and O–H groups in total. The fourth-order valence-electron chi connectivity index (χ4n) is 1.62. The van der Waals surface area contributed by atoms with E-state index in [-0.39, 0.29) is 11.9 Å². The molecule has 1 aromatic heterocycles. The number of benzene rings is 1. The molecule has 1 amide bonds. The third-order valence-electron chi connectivity index (χ3n) is 3.15. The minimum atomic E-state index is 0.0229. The molecule has 20 heavy (non-hydrogen) atoms. The molecule has 4 nitrogen and oxygen atoms in total. The lowest BCUT2D eigenvalue weighted by Gasteiger charge is -2.16. The molecule has 0 aliphatic carbocycles. The van der Waals surface area contributed by atoms with Crippen molar-refractivity contribution < 1.29 is 4.79 Å². The topological polar surface area (TPSA) is 57.8 Å². The highest BCUT2D eigenvalue weighted by Crippen LogP contribution is 2.22. The van der Waals surface area contributed by atoms with Gasteiger partial charge >= 0.3 is 0 Å². The quantitative estimate of drug-likeness (QED) is 0.831. The Morgan fingerprint density at radius 3 is 2.90 bits per heavy atom. The molecule has 108 valence electrons. The molecule has 0 saturated heterocycles. The van der Waals surface area contributed by atoms with E-state index in [0.717, 1.165) is 16.2 Å². The van der Waals surface area contributed by atoms with Crippen LogP contribution in [0.4, 0.5) is 0 Å². The van der Waals surface area contributed by atoms with Crippen LogP contribution in [0.1, 0.15) is 20.8 Å². The summed E-state index contributed by atoms with van der Waals surface area (Å²) in [5.41, 5.74) is 1.74. The van der Waals surface area contributed by atoms with Crippen LogP contribution < -0.4 is 5.32 Å². The maximum Gasteiger partial charge on any atom is 0.230 e. The number of rotatable bonds is 5. The van der Waals surface area contributed by atoms with Crippen LogP contribution in [-0.2, 0) is 4.79 Å². The monoisotopic (exact) mass is 311 g/mol. The van der Waals surface area contributed by atoms with E-state index in [2.05, 4.69) is 29.1 Å². The second kappa shape index (κ2) is 6.50. The number of nitrogens with one attached hydrogen (secondary N) is 2. The molecule has 6 heteroatoms. The Kier molecular flexibility index (Phi) is 4.94. The van der Waals surface area contributed by atoms with E-state index in [0.29, 0.717) is 16.7 Å². The zero-order valence-corrected chi connectivity index (χ0v) is 13.3. The minimum Gasteiger partial charge on any atom is -0.353 e. The van der Waals surface area contributed by atoms with Crippen LogP contribution >= 0.6 is 23.4 Å². The molecule has 1 unspecified atom stereocenters. The molecule has 0 bridgehead atoms. The van der Waals surface area contributed by atoms with Crippen LogP contribution in [-0.4, -0.2) is 27.7 Å². The van der Waals surface area contributed by atoms with Crippen LogP contribution in [0, 0.1) is 5.92 Å². The number of fused-ring (bicyclic) bond motifs is 1. The number of hydrogen-bond donors (Lipinski definition) is 2. The average Bonchev–Trinajstić information content (AvgIpc) is 2.78. The molecule has 0 radical (unpaired) electrons. The highest BCUT2D eigenvalue weighted by Gasteiger charge is 2.12. The molecule has 1 atom stereocenters. The van der Waals surface area contributed by atoms with Gasteiger partial charge in [-0.15, -0.1) is 0 Å². The number of imidazole rings is 1. The Bertz CT molecular complexity index is 611. The van der Waals surface area contributed by atoms with Gasteiger partial charge in [-0.3, -0.25) is 4.79 Å². The maximum absolute atomic E-state index is 11.8. The smallest absolute Gasteiger partial charge is 0.230 e. The summed E-state index contributed by atoms with van der Waals surface area (Å²) >= 11 is 7.32. The second-order valence-electron chi connectivity index (χ2n) is 5.09. The van der Waals surface area contributed by atoms with Crippen LogP contribution in [0.5, 0.6) is 0 Å². The van der Waals surface area contributed by atoms with Gasteiger partial charge < -0.3 is 10.3 Å². The van der Waals surface area contributed by atoms with Crippen molar-refractivity contribution in [2.75, 3.05) is 5.75 Å². The molecule has 0 aliphatic rings. The van der Waals surface area contributed by atoms with Gasteiger partial charge in [-0.1, -0.05) is 37.2 Å². The fraction of sp³-hybridized carbons (Fsp3) is 0.429. The predicted octanol–water partition coefficient (Wildman–Crippen LogP) is 3.47. The van der Waals surface area contributed by atoms with Crippen LogP contribution in [0.15, 0.2) is 23.4 Å².